The van der Waals surface area contributed by atoms with Crippen molar-refractivity contribution < 1.29 is 0 Å². The maximum absolute atomic E-state index is 4.09. The van der Waals surface area contributed by atoms with Crippen LogP contribution in [0, 0.1) is 11.8 Å². The van der Waals surface area contributed by atoms with Crippen molar-refractivity contribution in [3.8, 4) is 0 Å². The molecular formula is C15H28. The zero-order valence-corrected chi connectivity index (χ0v) is 10.7. The summed E-state index contributed by atoms with van der Waals surface area (Å²) >= 11 is 0. The SMILES string of the molecule is C=C(C)C1CCC(CCCCCC)CC1. The molecular weight excluding hydrogens is 180 g/mol. The fraction of sp³-hybridized carbons (Fsp3) is 0.867. The fourth-order valence-electron chi connectivity index (χ4n) is 2.80. The first-order valence-electron chi connectivity index (χ1n) is 6.89. The summed E-state index contributed by atoms with van der Waals surface area (Å²) in [6, 6.07) is 0. The summed E-state index contributed by atoms with van der Waals surface area (Å²) in [7, 11) is 0. The van der Waals surface area contributed by atoms with E-state index in [0.29, 0.717) is 0 Å². The van der Waals surface area contributed by atoms with Crippen molar-refractivity contribution >= 4 is 0 Å². The van der Waals surface area contributed by atoms with Gasteiger partial charge in [0.15, 0.2) is 0 Å². The van der Waals surface area contributed by atoms with Gasteiger partial charge in [-0.05, 0) is 44.4 Å². The number of rotatable bonds is 6. The molecule has 1 fully saturated rings. The zero-order chi connectivity index (χ0) is 11.1. The second-order valence-corrected chi connectivity index (χ2v) is 5.41. The molecule has 0 radical (unpaired) electrons. The van der Waals surface area contributed by atoms with Gasteiger partial charge in [-0.1, -0.05) is 51.2 Å². The molecule has 0 amide bonds. The van der Waals surface area contributed by atoms with E-state index < -0.39 is 0 Å². The Hall–Kier alpha value is -0.260. The van der Waals surface area contributed by atoms with Gasteiger partial charge in [0.05, 0.1) is 0 Å². The van der Waals surface area contributed by atoms with Crippen LogP contribution in [0.2, 0.25) is 0 Å². The maximum Gasteiger partial charge on any atom is -0.0208 e. The molecule has 0 N–H and O–H groups in total. The molecule has 0 saturated heterocycles. The highest BCUT2D eigenvalue weighted by atomic mass is 14.3. The lowest BCUT2D eigenvalue weighted by Crippen LogP contribution is -2.15. The predicted octanol–water partition coefficient (Wildman–Crippen LogP) is 5.34. The third-order valence-electron chi connectivity index (χ3n) is 4.01. The molecule has 0 aromatic heterocycles. The highest BCUT2D eigenvalue weighted by Gasteiger charge is 2.20. The third kappa shape index (κ3) is 4.86. The van der Waals surface area contributed by atoms with E-state index in [0.717, 1.165) is 11.8 Å². The minimum absolute atomic E-state index is 0.844. The summed E-state index contributed by atoms with van der Waals surface area (Å²) in [4.78, 5) is 0. The van der Waals surface area contributed by atoms with Gasteiger partial charge < -0.3 is 0 Å². The van der Waals surface area contributed by atoms with Gasteiger partial charge in [-0.3, -0.25) is 0 Å². The van der Waals surface area contributed by atoms with E-state index in [9.17, 15) is 0 Å². The molecule has 0 aliphatic heterocycles. The van der Waals surface area contributed by atoms with Crippen LogP contribution in [0.4, 0.5) is 0 Å². The quantitative estimate of drug-likeness (QED) is 0.408. The molecule has 1 saturated carbocycles. The van der Waals surface area contributed by atoms with E-state index in [1.165, 1.54) is 63.4 Å². The maximum atomic E-state index is 4.09. The van der Waals surface area contributed by atoms with E-state index >= 15 is 0 Å². The summed E-state index contributed by atoms with van der Waals surface area (Å²) in [6.07, 6.45) is 13.0. The summed E-state index contributed by atoms with van der Waals surface area (Å²) in [5.41, 5.74) is 1.42. The van der Waals surface area contributed by atoms with Crippen LogP contribution < -0.4 is 0 Å². The zero-order valence-electron chi connectivity index (χ0n) is 10.7. The average molecular weight is 208 g/mol. The van der Waals surface area contributed by atoms with Crippen LogP contribution in [0.5, 0.6) is 0 Å². The first kappa shape index (κ1) is 12.8. The predicted molar refractivity (Wildman–Crippen MR) is 69.0 cm³/mol. The second-order valence-electron chi connectivity index (χ2n) is 5.41. The summed E-state index contributed by atoms with van der Waals surface area (Å²) < 4.78 is 0. The Morgan fingerprint density at radius 3 is 2.27 bits per heavy atom. The Morgan fingerprint density at radius 2 is 1.73 bits per heavy atom. The molecule has 0 aromatic carbocycles. The summed E-state index contributed by atoms with van der Waals surface area (Å²) in [5, 5.41) is 0. The molecule has 1 rings (SSSR count). The van der Waals surface area contributed by atoms with Crippen molar-refractivity contribution in [2.45, 2.75) is 71.6 Å². The highest BCUT2D eigenvalue weighted by molar-refractivity contribution is 4.97. The molecule has 0 unspecified atom stereocenters. The van der Waals surface area contributed by atoms with Gasteiger partial charge in [-0.15, -0.1) is 0 Å². The van der Waals surface area contributed by atoms with Crippen molar-refractivity contribution in [3.63, 3.8) is 0 Å². The Bertz CT molecular complexity index is 172. The highest BCUT2D eigenvalue weighted by Crippen LogP contribution is 2.34. The van der Waals surface area contributed by atoms with Gasteiger partial charge >= 0.3 is 0 Å². The molecule has 0 nitrogen and oxygen atoms in total. The van der Waals surface area contributed by atoms with E-state index in [4.69, 9.17) is 0 Å². The smallest absolute Gasteiger partial charge is 0.0208 e. The number of unbranched alkanes of at least 4 members (excludes halogenated alkanes) is 3. The molecule has 0 atom stereocenters. The van der Waals surface area contributed by atoms with Crippen LogP contribution in [0.25, 0.3) is 0 Å². The largest absolute Gasteiger partial charge is 0.0999 e. The van der Waals surface area contributed by atoms with Gasteiger partial charge in [0, 0.05) is 0 Å². The summed E-state index contributed by atoms with van der Waals surface area (Å²) in [6.45, 7) is 8.58. The van der Waals surface area contributed by atoms with Crippen LogP contribution >= 0.6 is 0 Å². The molecule has 0 bridgehead atoms. The standard InChI is InChI=1S/C15H28/c1-4-5-6-7-8-14-9-11-15(12-10-14)13(2)3/h14-15H,2,4-12H2,1,3H3. The lowest BCUT2D eigenvalue weighted by molar-refractivity contribution is 0.281. The minimum atomic E-state index is 0.844. The molecule has 1 aliphatic carbocycles. The van der Waals surface area contributed by atoms with Gasteiger partial charge in [-0.2, -0.15) is 0 Å². The normalized spacial score (nSPS) is 26.5. The topological polar surface area (TPSA) is 0 Å². The van der Waals surface area contributed by atoms with E-state index in [-0.39, 0.29) is 0 Å². The lowest BCUT2D eigenvalue weighted by Gasteiger charge is -2.28. The Balaban J connectivity index is 2.07. The van der Waals surface area contributed by atoms with Crippen molar-refractivity contribution in [1.82, 2.24) is 0 Å². The Kier molecular flexibility index (Phi) is 6.05. The third-order valence-corrected chi connectivity index (χ3v) is 4.01. The molecule has 1 aliphatic rings. The van der Waals surface area contributed by atoms with Crippen molar-refractivity contribution in [1.29, 1.82) is 0 Å². The van der Waals surface area contributed by atoms with Crippen LogP contribution in [-0.2, 0) is 0 Å². The van der Waals surface area contributed by atoms with Crippen molar-refractivity contribution in [3.05, 3.63) is 12.2 Å². The lowest BCUT2D eigenvalue weighted by atomic mass is 9.77. The van der Waals surface area contributed by atoms with Crippen LogP contribution in [0.3, 0.4) is 0 Å². The van der Waals surface area contributed by atoms with Crippen LogP contribution in [0.1, 0.15) is 71.6 Å². The molecule has 88 valence electrons. The van der Waals surface area contributed by atoms with E-state index in [1.807, 2.05) is 0 Å². The Morgan fingerprint density at radius 1 is 1.07 bits per heavy atom. The van der Waals surface area contributed by atoms with Gasteiger partial charge in [-0.25, -0.2) is 0 Å². The average Bonchev–Trinajstić information content (AvgIpc) is 2.25. The van der Waals surface area contributed by atoms with Gasteiger partial charge in [0.25, 0.3) is 0 Å². The fourth-order valence-corrected chi connectivity index (χ4v) is 2.80. The first-order valence-corrected chi connectivity index (χ1v) is 6.89. The Labute approximate surface area is 96.2 Å². The van der Waals surface area contributed by atoms with Crippen molar-refractivity contribution in [2.75, 3.05) is 0 Å². The molecule has 0 spiro atoms. The van der Waals surface area contributed by atoms with E-state index in [1.54, 1.807) is 0 Å². The van der Waals surface area contributed by atoms with Gasteiger partial charge in [0.2, 0.25) is 0 Å². The molecule has 0 heterocycles. The number of hydrogen-bond acceptors (Lipinski definition) is 0. The van der Waals surface area contributed by atoms with Crippen LogP contribution in [-0.4, -0.2) is 0 Å². The van der Waals surface area contributed by atoms with Crippen molar-refractivity contribution in [2.24, 2.45) is 11.8 Å². The molecule has 15 heavy (non-hydrogen) atoms. The monoisotopic (exact) mass is 208 g/mol. The first-order chi connectivity index (χ1) is 7.24. The molecule has 0 aromatic rings. The second kappa shape index (κ2) is 7.09. The molecule has 0 heteroatoms. The minimum Gasteiger partial charge on any atom is -0.0999 e. The van der Waals surface area contributed by atoms with Crippen LogP contribution in [0.15, 0.2) is 12.2 Å². The number of hydrogen-bond donors (Lipinski definition) is 0. The summed E-state index contributed by atoms with van der Waals surface area (Å²) in [5.74, 6) is 1.88. The van der Waals surface area contributed by atoms with Gasteiger partial charge in [0.1, 0.15) is 0 Å². The number of allylic oxidation sites excluding steroid dienone is 1. The van der Waals surface area contributed by atoms with E-state index in [2.05, 4.69) is 20.4 Å².